The van der Waals surface area contributed by atoms with Crippen LogP contribution in [0.2, 0.25) is 0 Å². The van der Waals surface area contributed by atoms with Crippen molar-refractivity contribution in [1.82, 2.24) is 0 Å². The Morgan fingerprint density at radius 3 is 1.75 bits per heavy atom. The van der Waals surface area contributed by atoms with E-state index in [-0.39, 0.29) is 8.41 Å². The van der Waals surface area contributed by atoms with E-state index in [2.05, 4.69) is 0 Å². The first-order valence-electron chi connectivity index (χ1n) is 0.724. The molecule has 4 heavy (non-hydrogen) atoms. The predicted molar refractivity (Wildman–Crippen MR) is 21.2 cm³/mol. The van der Waals surface area contributed by atoms with E-state index in [1.807, 2.05) is 0 Å². The molecule has 0 aromatic rings. The molecule has 2 heteroatoms. The van der Waals surface area contributed by atoms with Gasteiger partial charge in [-0.15, -0.1) is 0 Å². The number of hydrogen-bond acceptors (Lipinski definition) is 1. The van der Waals surface area contributed by atoms with Gasteiger partial charge in [0.05, 0.1) is 14.5 Å². The Balaban J connectivity index is 0. The summed E-state index contributed by atoms with van der Waals surface area (Å²) in [4.78, 5) is 0. The molecular weight excluding hydrogens is 48.8 g/mol. The highest BCUT2D eigenvalue weighted by atomic mass is 14.2. The molecule has 22 valence electrons. The maximum Gasteiger partial charge on any atom is 0.0814 e. The molecule has 0 rings (SSSR count). The summed E-state index contributed by atoms with van der Waals surface area (Å²) in [6.45, 7) is 1.43. The summed E-state index contributed by atoms with van der Waals surface area (Å²) in [7, 11) is 0. The highest BCUT2D eigenvalue weighted by Crippen LogP contribution is 1.21. The molecule has 0 atom stereocenters. The first kappa shape index (κ1) is 9.60. The Morgan fingerprint density at radius 1 is 1.75 bits per heavy atom. The fourth-order valence-electron chi connectivity index (χ4n) is 0. The number of hydrogen-bond donors (Lipinski definition) is 0. The number of nitriles is 1. The molecule has 0 aromatic carbocycles. The lowest BCUT2D eigenvalue weighted by Crippen LogP contribution is -1.10. The standard InChI is InChI=1S/C2H3N.BH3/c1-2-3;/h1H3;1H3. The third-order valence-corrected chi connectivity index (χ3v) is 0. The summed E-state index contributed by atoms with van der Waals surface area (Å²) in [6.07, 6.45) is 0. The Bertz CT molecular complexity index is 27.5. The van der Waals surface area contributed by atoms with Crippen LogP contribution in [-0.4, -0.2) is 8.41 Å². The highest BCUT2D eigenvalue weighted by molar-refractivity contribution is 5.75. The van der Waals surface area contributed by atoms with Crippen molar-refractivity contribution in [2.75, 3.05) is 0 Å². The summed E-state index contributed by atoms with van der Waals surface area (Å²) in [5.41, 5.74) is 0. The third kappa shape index (κ3) is 2.42. The second-order valence-corrected chi connectivity index (χ2v) is 0.224. The van der Waals surface area contributed by atoms with E-state index in [1.54, 1.807) is 6.07 Å². The van der Waals surface area contributed by atoms with E-state index in [0.29, 0.717) is 0 Å². The minimum absolute atomic E-state index is 0. The van der Waals surface area contributed by atoms with Crippen LogP contribution >= 0.6 is 0 Å². The SMILES string of the molecule is B.CC#N. The molecule has 0 aliphatic carbocycles. The fourth-order valence-corrected chi connectivity index (χ4v) is 0. The molecule has 0 saturated carbocycles. The van der Waals surface area contributed by atoms with Crippen LogP contribution in [0.4, 0.5) is 0 Å². The van der Waals surface area contributed by atoms with Crippen LogP contribution in [0.1, 0.15) is 6.92 Å². The van der Waals surface area contributed by atoms with Crippen LogP contribution in [0.5, 0.6) is 0 Å². The summed E-state index contributed by atoms with van der Waals surface area (Å²) >= 11 is 0. The molecular formula is C2H6BN. The van der Waals surface area contributed by atoms with Crippen molar-refractivity contribution in [3.8, 4) is 6.07 Å². The van der Waals surface area contributed by atoms with Crippen molar-refractivity contribution >= 4 is 8.41 Å². The zero-order valence-electron chi connectivity index (χ0n) is 1.95. The predicted octanol–water partition coefficient (Wildman–Crippen LogP) is -0.654. The molecule has 0 N–H and O–H groups in total. The molecule has 0 aromatic heterocycles. The van der Waals surface area contributed by atoms with Crippen molar-refractivity contribution in [3.63, 3.8) is 0 Å². The van der Waals surface area contributed by atoms with Gasteiger partial charge in [0.2, 0.25) is 0 Å². The molecule has 0 heterocycles. The normalized spacial score (nSPS) is 2.00. The summed E-state index contributed by atoms with van der Waals surface area (Å²) in [6, 6.07) is 1.75. The third-order valence-electron chi connectivity index (χ3n) is 0. The van der Waals surface area contributed by atoms with Crippen molar-refractivity contribution in [3.05, 3.63) is 0 Å². The topological polar surface area (TPSA) is 23.8 Å². The largest absolute Gasteiger partial charge is 0.199 e. The Labute approximate surface area is 27.8 Å². The molecule has 0 fully saturated rings. The molecule has 0 spiro atoms. The van der Waals surface area contributed by atoms with Gasteiger partial charge in [-0.05, 0) is 0 Å². The Hall–Kier alpha value is -0.445. The van der Waals surface area contributed by atoms with Gasteiger partial charge in [-0.25, -0.2) is 0 Å². The van der Waals surface area contributed by atoms with Gasteiger partial charge < -0.3 is 0 Å². The van der Waals surface area contributed by atoms with Gasteiger partial charge in [0, 0.05) is 6.92 Å². The van der Waals surface area contributed by atoms with E-state index in [1.165, 1.54) is 6.92 Å². The van der Waals surface area contributed by atoms with E-state index in [0.717, 1.165) is 0 Å². The van der Waals surface area contributed by atoms with Gasteiger partial charge in [0.15, 0.2) is 0 Å². The van der Waals surface area contributed by atoms with Gasteiger partial charge in [0.25, 0.3) is 0 Å². The molecule has 0 amide bonds. The lowest BCUT2D eigenvalue weighted by molar-refractivity contribution is 1.49. The van der Waals surface area contributed by atoms with Crippen molar-refractivity contribution in [1.29, 1.82) is 5.26 Å². The molecule has 0 aliphatic heterocycles. The Kier molecular flexibility index (Phi) is 48.1. The van der Waals surface area contributed by atoms with Crippen LogP contribution in [0.15, 0.2) is 0 Å². The van der Waals surface area contributed by atoms with Crippen LogP contribution in [0.3, 0.4) is 0 Å². The maximum atomic E-state index is 7.32. The van der Waals surface area contributed by atoms with Gasteiger partial charge in [-0.1, -0.05) is 0 Å². The molecule has 0 saturated heterocycles. The van der Waals surface area contributed by atoms with Crippen molar-refractivity contribution < 1.29 is 0 Å². The summed E-state index contributed by atoms with van der Waals surface area (Å²) in [5, 5.41) is 7.32. The van der Waals surface area contributed by atoms with Gasteiger partial charge in [0.1, 0.15) is 0 Å². The zero-order valence-corrected chi connectivity index (χ0v) is 1.95. The number of nitrogens with zero attached hydrogens (tertiary/aromatic N) is 1. The maximum absolute atomic E-state index is 7.32. The lowest BCUT2D eigenvalue weighted by atomic mass is 10.8. The smallest absolute Gasteiger partial charge is 0.0814 e. The van der Waals surface area contributed by atoms with Crippen molar-refractivity contribution in [2.24, 2.45) is 0 Å². The minimum atomic E-state index is 0. The van der Waals surface area contributed by atoms with Crippen molar-refractivity contribution in [2.45, 2.75) is 6.92 Å². The Morgan fingerprint density at radius 2 is 1.75 bits per heavy atom. The number of rotatable bonds is 0. The van der Waals surface area contributed by atoms with Gasteiger partial charge >= 0.3 is 0 Å². The molecule has 0 bridgehead atoms. The average molecular weight is 54.9 g/mol. The van der Waals surface area contributed by atoms with E-state index >= 15 is 0 Å². The highest BCUT2D eigenvalue weighted by Gasteiger charge is 1.17. The van der Waals surface area contributed by atoms with Crippen LogP contribution in [-0.2, 0) is 0 Å². The second-order valence-electron chi connectivity index (χ2n) is 0.224. The van der Waals surface area contributed by atoms with Crippen LogP contribution in [0, 0.1) is 11.3 Å². The molecule has 0 radical (unpaired) electrons. The fraction of sp³-hybridized carbons (Fsp3) is 0.500. The van der Waals surface area contributed by atoms with Crippen LogP contribution in [0.25, 0.3) is 0 Å². The van der Waals surface area contributed by atoms with Gasteiger partial charge in [-0.3, -0.25) is 0 Å². The van der Waals surface area contributed by atoms with Gasteiger partial charge in [-0.2, -0.15) is 5.26 Å². The lowest BCUT2D eigenvalue weighted by Gasteiger charge is -1.15. The first-order valence-corrected chi connectivity index (χ1v) is 0.724. The minimum Gasteiger partial charge on any atom is -0.199 e. The molecule has 0 aliphatic rings. The summed E-state index contributed by atoms with van der Waals surface area (Å²) < 4.78 is 0. The van der Waals surface area contributed by atoms with E-state index in [9.17, 15) is 0 Å². The quantitative estimate of drug-likeness (QED) is 0.337. The van der Waals surface area contributed by atoms with E-state index < -0.39 is 0 Å². The first-order chi connectivity index (χ1) is 1.41. The molecule has 0 unspecified atom stereocenters. The van der Waals surface area contributed by atoms with Crippen LogP contribution < -0.4 is 0 Å². The molecule has 1 nitrogen and oxygen atoms in total. The zero-order chi connectivity index (χ0) is 2.71. The van der Waals surface area contributed by atoms with E-state index in [4.69, 9.17) is 5.26 Å². The summed E-state index contributed by atoms with van der Waals surface area (Å²) in [5.74, 6) is 0. The monoisotopic (exact) mass is 55.1 g/mol. The average Bonchev–Trinajstić information content (AvgIpc) is 0.918. The second kappa shape index (κ2) is 20.1.